The number of nitrogens with zero attached hydrogens (tertiary/aromatic N) is 2. The molecule has 3 amide bonds. The van der Waals surface area contributed by atoms with Crippen LogP contribution in [0.1, 0.15) is 49.2 Å². The zero-order chi connectivity index (χ0) is 23.0. The molecule has 0 spiro atoms. The van der Waals surface area contributed by atoms with Crippen LogP contribution in [0, 0.1) is 11.6 Å². The molecule has 31 heavy (non-hydrogen) atoms. The molecule has 1 aromatic heterocycles. The quantitative estimate of drug-likeness (QED) is 0.533. The predicted molar refractivity (Wildman–Crippen MR) is 111 cm³/mol. The molecule has 0 saturated heterocycles. The number of rotatable bonds is 10. The molecule has 0 aliphatic rings. The number of H-pyrrole nitrogens is 1. The molecular formula is C21H27F2N5O3. The van der Waals surface area contributed by atoms with Crippen molar-refractivity contribution in [2.24, 2.45) is 0 Å². The molecular weight excluding hydrogens is 408 g/mol. The molecule has 1 unspecified atom stereocenters. The lowest BCUT2D eigenvalue weighted by atomic mass is 10.1. The van der Waals surface area contributed by atoms with Crippen molar-refractivity contribution in [2.45, 2.75) is 45.6 Å². The van der Waals surface area contributed by atoms with Gasteiger partial charge in [0, 0.05) is 25.7 Å². The molecule has 3 N–H and O–H groups in total. The van der Waals surface area contributed by atoms with Crippen LogP contribution in [-0.4, -0.2) is 52.5 Å². The average molecular weight is 435 g/mol. The molecule has 0 aliphatic heterocycles. The summed E-state index contributed by atoms with van der Waals surface area (Å²) in [7, 11) is 1.68. The van der Waals surface area contributed by atoms with E-state index in [1.807, 2.05) is 6.92 Å². The van der Waals surface area contributed by atoms with Crippen molar-refractivity contribution in [1.29, 1.82) is 0 Å². The van der Waals surface area contributed by atoms with Crippen LogP contribution >= 0.6 is 0 Å². The van der Waals surface area contributed by atoms with Crippen molar-refractivity contribution in [1.82, 2.24) is 20.4 Å². The minimum absolute atomic E-state index is 0.150. The molecule has 0 radical (unpaired) electrons. The fourth-order valence-electron chi connectivity index (χ4n) is 2.91. The maximum Gasteiger partial charge on any atom is 0.271 e. The van der Waals surface area contributed by atoms with Gasteiger partial charge in [-0.25, -0.2) is 8.78 Å². The third kappa shape index (κ3) is 7.16. The summed E-state index contributed by atoms with van der Waals surface area (Å²) in [5, 5.41) is 11.6. The maximum absolute atomic E-state index is 13.3. The Labute approximate surface area is 179 Å². The van der Waals surface area contributed by atoms with Crippen LogP contribution in [-0.2, 0) is 16.0 Å². The van der Waals surface area contributed by atoms with Crippen molar-refractivity contribution in [2.75, 3.05) is 18.9 Å². The zero-order valence-corrected chi connectivity index (χ0v) is 17.8. The second kappa shape index (κ2) is 11.2. The van der Waals surface area contributed by atoms with Crippen molar-refractivity contribution in [3.63, 3.8) is 0 Å². The minimum Gasteiger partial charge on any atom is -0.344 e. The van der Waals surface area contributed by atoms with E-state index in [9.17, 15) is 23.2 Å². The fourth-order valence-corrected chi connectivity index (χ4v) is 2.91. The topological polar surface area (TPSA) is 107 Å². The molecule has 10 heteroatoms. The van der Waals surface area contributed by atoms with E-state index in [1.54, 1.807) is 18.9 Å². The summed E-state index contributed by atoms with van der Waals surface area (Å²) in [5.74, 6) is -2.73. The Morgan fingerprint density at radius 2 is 1.81 bits per heavy atom. The van der Waals surface area contributed by atoms with Crippen LogP contribution in [0.15, 0.2) is 24.3 Å². The number of unbranched alkanes of at least 4 members (excludes halogenated alkanes) is 1. The maximum atomic E-state index is 13.3. The summed E-state index contributed by atoms with van der Waals surface area (Å²) in [6.45, 7) is 4.34. The van der Waals surface area contributed by atoms with E-state index in [2.05, 4.69) is 20.8 Å². The molecule has 0 aliphatic carbocycles. The highest BCUT2D eigenvalue weighted by Crippen LogP contribution is 2.11. The van der Waals surface area contributed by atoms with Crippen LogP contribution in [0.2, 0.25) is 0 Å². The van der Waals surface area contributed by atoms with Gasteiger partial charge in [0.25, 0.3) is 5.91 Å². The van der Waals surface area contributed by atoms with Crippen LogP contribution in [0.5, 0.6) is 0 Å². The summed E-state index contributed by atoms with van der Waals surface area (Å²) >= 11 is 0. The zero-order valence-electron chi connectivity index (χ0n) is 17.8. The summed E-state index contributed by atoms with van der Waals surface area (Å²) in [5.41, 5.74) is 0.395. The van der Waals surface area contributed by atoms with Gasteiger partial charge in [-0.05, 0) is 30.5 Å². The standard InChI is InChI=1S/C21H27F2N5O3/c1-4-6-7-28(3)21(31)17-12-18(27-26-17)25-20(30)16(5-2)24-19(29)10-13-8-14(22)11-15(23)9-13/h8-9,11-12,16H,4-7,10H2,1-3H3,(H,24,29)(H2,25,26,27,30). The summed E-state index contributed by atoms with van der Waals surface area (Å²) in [6.07, 6.45) is 1.84. The van der Waals surface area contributed by atoms with Gasteiger partial charge in [0.05, 0.1) is 6.42 Å². The first-order chi connectivity index (χ1) is 14.7. The van der Waals surface area contributed by atoms with Crippen LogP contribution in [0.25, 0.3) is 0 Å². The number of benzene rings is 1. The van der Waals surface area contributed by atoms with Gasteiger partial charge >= 0.3 is 0 Å². The molecule has 2 rings (SSSR count). The lowest BCUT2D eigenvalue weighted by molar-refractivity contribution is -0.126. The Balaban J connectivity index is 1.94. The SMILES string of the molecule is CCCCN(C)C(=O)c1cc(NC(=O)C(CC)NC(=O)Cc2cc(F)cc(F)c2)n[nH]1. The van der Waals surface area contributed by atoms with Gasteiger partial charge in [-0.2, -0.15) is 5.10 Å². The van der Waals surface area contributed by atoms with E-state index in [0.29, 0.717) is 12.6 Å². The van der Waals surface area contributed by atoms with Crippen molar-refractivity contribution in [3.8, 4) is 0 Å². The van der Waals surface area contributed by atoms with E-state index >= 15 is 0 Å². The van der Waals surface area contributed by atoms with E-state index in [1.165, 1.54) is 6.07 Å². The lowest BCUT2D eigenvalue weighted by Crippen LogP contribution is -2.44. The summed E-state index contributed by atoms with van der Waals surface area (Å²) in [6, 6.07) is 3.38. The molecule has 1 aromatic carbocycles. The number of aromatic amines is 1. The third-order valence-corrected chi connectivity index (χ3v) is 4.60. The Bertz CT molecular complexity index is 911. The highest BCUT2D eigenvalue weighted by Gasteiger charge is 2.21. The van der Waals surface area contributed by atoms with Gasteiger partial charge in [0.15, 0.2) is 5.82 Å². The number of amides is 3. The number of hydrogen-bond acceptors (Lipinski definition) is 4. The van der Waals surface area contributed by atoms with Crippen LogP contribution in [0.3, 0.4) is 0 Å². The van der Waals surface area contributed by atoms with Gasteiger partial charge < -0.3 is 15.5 Å². The van der Waals surface area contributed by atoms with E-state index in [0.717, 1.165) is 25.0 Å². The highest BCUT2D eigenvalue weighted by atomic mass is 19.1. The van der Waals surface area contributed by atoms with E-state index in [4.69, 9.17) is 0 Å². The molecule has 168 valence electrons. The van der Waals surface area contributed by atoms with Gasteiger partial charge in [-0.3, -0.25) is 19.5 Å². The predicted octanol–water partition coefficient (Wildman–Crippen LogP) is 2.64. The Hall–Kier alpha value is -3.30. The minimum atomic E-state index is -0.881. The van der Waals surface area contributed by atoms with Gasteiger partial charge in [-0.1, -0.05) is 20.3 Å². The number of anilines is 1. The number of hydrogen-bond donors (Lipinski definition) is 3. The number of nitrogens with one attached hydrogen (secondary N) is 3. The number of aromatic nitrogens is 2. The van der Waals surface area contributed by atoms with Gasteiger partial charge in [-0.15, -0.1) is 0 Å². The first kappa shape index (κ1) is 24.0. The fraction of sp³-hybridized carbons (Fsp3) is 0.429. The van der Waals surface area contributed by atoms with Crippen molar-refractivity contribution >= 4 is 23.5 Å². The largest absolute Gasteiger partial charge is 0.344 e. The summed E-state index contributed by atoms with van der Waals surface area (Å²) in [4.78, 5) is 38.6. The number of carbonyl (C=O) groups is 3. The summed E-state index contributed by atoms with van der Waals surface area (Å²) < 4.78 is 26.5. The molecule has 1 atom stereocenters. The van der Waals surface area contributed by atoms with Gasteiger partial charge in [0.1, 0.15) is 23.4 Å². The number of carbonyl (C=O) groups excluding carboxylic acids is 3. The van der Waals surface area contributed by atoms with Crippen LogP contribution in [0.4, 0.5) is 14.6 Å². The van der Waals surface area contributed by atoms with Crippen molar-refractivity contribution in [3.05, 3.63) is 47.2 Å². The average Bonchev–Trinajstić information content (AvgIpc) is 3.17. The second-order valence-corrected chi connectivity index (χ2v) is 7.22. The molecule has 0 bridgehead atoms. The van der Waals surface area contributed by atoms with Crippen molar-refractivity contribution < 1.29 is 23.2 Å². The first-order valence-corrected chi connectivity index (χ1v) is 10.1. The first-order valence-electron chi connectivity index (χ1n) is 10.1. The molecule has 2 aromatic rings. The second-order valence-electron chi connectivity index (χ2n) is 7.22. The van der Waals surface area contributed by atoms with Crippen LogP contribution < -0.4 is 10.6 Å². The Morgan fingerprint density at radius 3 is 2.42 bits per heavy atom. The van der Waals surface area contributed by atoms with E-state index in [-0.39, 0.29) is 35.8 Å². The Morgan fingerprint density at radius 1 is 1.13 bits per heavy atom. The normalized spacial score (nSPS) is 11.6. The smallest absolute Gasteiger partial charge is 0.271 e. The monoisotopic (exact) mass is 435 g/mol. The lowest BCUT2D eigenvalue weighted by Gasteiger charge is -2.16. The molecule has 8 nitrogen and oxygen atoms in total. The van der Waals surface area contributed by atoms with E-state index < -0.39 is 29.5 Å². The van der Waals surface area contributed by atoms with Gasteiger partial charge in [0.2, 0.25) is 11.8 Å². The Kier molecular flexibility index (Phi) is 8.65. The number of halogens is 2. The molecule has 1 heterocycles. The highest BCUT2D eigenvalue weighted by molar-refractivity contribution is 5.98. The molecule has 0 saturated carbocycles. The third-order valence-electron chi connectivity index (χ3n) is 4.60. The molecule has 0 fully saturated rings.